The van der Waals surface area contributed by atoms with Crippen LogP contribution in [0.4, 0.5) is 11.5 Å². The summed E-state index contributed by atoms with van der Waals surface area (Å²) < 4.78 is 18.4. The van der Waals surface area contributed by atoms with Gasteiger partial charge in [0.2, 0.25) is 0 Å². The van der Waals surface area contributed by atoms with Crippen molar-refractivity contribution in [2.24, 2.45) is 5.73 Å². The third kappa shape index (κ3) is 5.53. The highest BCUT2D eigenvalue weighted by atomic mass is 16.5. The van der Waals surface area contributed by atoms with Crippen LogP contribution in [-0.2, 0) is 4.74 Å². The summed E-state index contributed by atoms with van der Waals surface area (Å²) in [6, 6.07) is 7.41. The van der Waals surface area contributed by atoms with Gasteiger partial charge in [-0.15, -0.1) is 0 Å². The molecule has 11 heteroatoms. The van der Waals surface area contributed by atoms with Gasteiger partial charge < -0.3 is 30.2 Å². The van der Waals surface area contributed by atoms with Crippen molar-refractivity contribution in [3.05, 3.63) is 42.2 Å². The van der Waals surface area contributed by atoms with E-state index in [4.69, 9.17) is 24.9 Å². The SMILES string of the molecule is COc1cc(OCCN2CCOCC2)ccc1NC(=O)c1cnn2ccc(N3CCC[C@@H](N)C3)nc12. The zero-order valence-electron chi connectivity index (χ0n) is 20.6. The van der Waals surface area contributed by atoms with Crippen molar-refractivity contribution < 1.29 is 19.0 Å². The van der Waals surface area contributed by atoms with E-state index in [1.165, 1.54) is 6.20 Å². The van der Waals surface area contributed by atoms with Crippen molar-refractivity contribution in [1.82, 2.24) is 19.5 Å². The fourth-order valence-electron chi connectivity index (χ4n) is 4.59. The molecule has 36 heavy (non-hydrogen) atoms. The Morgan fingerprint density at radius 3 is 2.92 bits per heavy atom. The number of carbonyl (C=O) groups excluding carboxylic acids is 1. The number of benzene rings is 1. The van der Waals surface area contributed by atoms with E-state index in [1.807, 2.05) is 18.3 Å². The first-order chi connectivity index (χ1) is 17.6. The van der Waals surface area contributed by atoms with E-state index in [0.717, 1.165) is 64.6 Å². The molecule has 2 aliphatic rings. The first-order valence-corrected chi connectivity index (χ1v) is 12.4. The number of ether oxygens (including phenoxy) is 3. The molecule has 0 unspecified atom stereocenters. The van der Waals surface area contributed by atoms with E-state index in [1.54, 1.807) is 23.8 Å². The molecule has 2 aromatic heterocycles. The molecule has 2 fully saturated rings. The predicted molar refractivity (Wildman–Crippen MR) is 136 cm³/mol. The van der Waals surface area contributed by atoms with Crippen molar-refractivity contribution in [3.8, 4) is 11.5 Å². The monoisotopic (exact) mass is 495 g/mol. The molecule has 4 heterocycles. The maximum Gasteiger partial charge on any atom is 0.261 e. The third-order valence-electron chi connectivity index (χ3n) is 6.58. The first-order valence-electron chi connectivity index (χ1n) is 12.4. The molecule has 192 valence electrons. The molecular weight excluding hydrogens is 462 g/mol. The van der Waals surface area contributed by atoms with Crippen LogP contribution in [0.3, 0.4) is 0 Å². The summed E-state index contributed by atoms with van der Waals surface area (Å²) in [6.45, 7) is 6.40. The van der Waals surface area contributed by atoms with Crippen molar-refractivity contribution in [3.63, 3.8) is 0 Å². The normalized spacial score (nSPS) is 18.8. The van der Waals surface area contributed by atoms with Gasteiger partial charge in [0.15, 0.2) is 5.65 Å². The summed E-state index contributed by atoms with van der Waals surface area (Å²) in [5.41, 5.74) is 7.55. The highest BCUT2D eigenvalue weighted by molar-refractivity contribution is 6.08. The molecule has 0 spiro atoms. The van der Waals surface area contributed by atoms with E-state index in [9.17, 15) is 4.79 Å². The first kappa shape index (κ1) is 24.3. The average molecular weight is 496 g/mol. The quantitative estimate of drug-likeness (QED) is 0.480. The van der Waals surface area contributed by atoms with Crippen LogP contribution in [-0.4, -0.2) is 91.1 Å². The van der Waals surface area contributed by atoms with E-state index in [0.29, 0.717) is 35.0 Å². The van der Waals surface area contributed by atoms with Crippen molar-refractivity contribution in [2.75, 3.05) is 69.9 Å². The molecule has 5 rings (SSSR count). The minimum atomic E-state index is -0.315. The number of hydrogen-bond donors (Lipinski definition) is 2. The molecule has 0 radical (unpaired) electrons. The second-order valence-corrected chi connectivity index (χ2v) is 9.08. The predicted octanol–water partition coefficient (Wildman–Crippen LogP) is 1.63. The van der Waals surface area contributed by atoms with E-state index in [-0.39, 0.29) is 11.9 Å². The Bertz CT molecular complexity index is 1190. The molecule has 2 saturated heterocycles. The summed E-state index contributed by atoms with van der Waals surface area (Å²) >= 11 is 0. The van der Waals surface area contributed by atoms with Gasteiger partial charge in [0.25, 0.3) is 5.91 Å². The van der Waals surface area contributed by atoms with Crippen molar-refractivity contribution >= 4 is 23.1 Å². The molecule has 3 aromatic rings. The van der Waals surface area contributed by atoms with Gasteiger partial charge in [0.05, 0.1) is 32.2 Å². The van der Waals surface area contributed by atoms with Crippen LogP contribution in [0.2, 0.25) is 0 Å². The number of carbonyl (C=O) groups is 1. The van der Waals surface area contributed by atoms with Gasteiger partial charge >= 0.3 is 0 Å². The van der Waals surface area contributed by atoms with Crippen LogP contribution in [0.15, 0.2) is 36.7 Å². The van der Waals surface area contributed by atoms with Gasteiger partial charge in [-0.05, 0) is 31.0 Å². The molecule has 2 aliphatic heterocycles. The van der Waals surface area contributed by atoms with Crippen LogP contribution in [0.5, 0.6) is 11.5 Å². The number of hydrogen-bond acceptors (Lipinski definition) is 9. The summed E-state index contributed by atoms with van der Waals surface area (Å²) in [6.07, 6.45) is 5.38. The van der Waals surface area contributed by atoms with Gasteiger partial charge in [0, 0.05) is 51.0 Å². The Hall–Kier alpha value is -3.41. The van der Waals surface area contributed by atoms with E-state index < -0.39 is 0 Å². The minimum absolute atomic E-state index is 0.128. The lowest BCUT2D eigenvalue weighted by molar-refractivity contribution is 0.0322. The average Bonchev–Trinajstić information content (AvgIpc) is 3.33. The summed E-state index contributed by atoms with van der Waals surface area (Å²) in [5, 5.41) is 7.23. The Morgan fingerprint density at radius 2 is 2.11 bits per heavy atom. The third-order valence-corrected chi connectivity index (χ3v) is 6.58. The fourth-order valence-corrected chi connectivity index (χ4v) is 4.59. The Balaban J connectivity index is 1.26. The number of fused-ring (bicyclic) bond motifs is 1. The van der Waals surface area contributed by atoms with Crippen LogP contribution >= 0.6 is 0 Å². The zero-order chi connectivity index (χ0) is 24.9. The number of nitrogens with two attached hydrogens (primary N) is 1. The fraction of sp³-hybridized carbons (Fsp3) is 0.480. The largest absolute Gasteiger partial charge is 0.494 e. The Kier molecular flexibility index (Phi) is 7.49. The molecule has 3 N–H and O–H groups in total. The van der Waals surface area contributed by atoms with Gasteiger partial charge in [-0.25, -0.2) is 9.50 Å². The lowest BCUT2D eigenvalue weighted by atomic mass is 10.1. The molecule has 0 bridgehead atoms. The van der Waals surface area contributed by atoms with Crippen molar-refractivity contribution in [2.45, 2.75) is 18.9 Å². The standard InChI is InChI=1S/C25H33N7O4/c1-34-22-15-19(36-14-11-30-9-12-35-13-10-30)4-5-21(22)28-25(33)20-16-27-32-8-6-23(29-24(20)32)31-7-2-3-18(26)17-31/h4-6,8,15-16,18H,2-3,7,9-14,17,26H2,1H3,(H,28,33)/t18-/m1/s1. The van der Waals surface area contributed by atoms with E-state index in [2.05, 4.69) is 20.2 Å². The highest BCUT2D eigenvalue weighted by Gasteiger charge is 2.21. The number of morpholine rings is 1. The maximum atomic E-state index is 13.2. The number of piperidine rings is 1. The highest BCUT2D eigenvalue weighted by Crippen LogP contribution is 2.30. The molecule has 1 atom stereocenters. The second kappa shape index (κ2) is 11.1. The summed E-state index contributed by atoms with van der Waals surface area (Å²) in [4.78, 5) is 22.4. The van der Waals surface area contributed by atoms with Gasteiger partial charge in [-0.3, -0.25) is 9.69 Å². The van der Waals surface area contributed by atoms with Gasteiger partial charge in [-0.2, -0.15) is 5.10 Å². The number of nitrogens with one attached hydrogen (secondary N) is 1. The maximum absolute atomic E-state index is 13.2. The molecular formula is C25H33N7O4. The molecule has 0 saturated carbocycles. The summed E-state index contributed by atoms with van der Waals surface area (Å²) in [7, 11) is 1.56. The van der Waals surface area contributed by atoms with Crippen molar-refractivity contribution in [1.29, 1.82) is 0 Å². The smallest absolute Gasteiger partial charge is 0.261 e. The summed E-state index contributed by atoms with van der Waals surface area (Å²) in [5.74, 6) is 1.67. The lowest BCUT2D eigenvalue weighted by Crippen LogP contribution is -2.43. The van der Waals surface area contributed by atoms with Crippen LogP contribution < -0.4 is 25.4 Å². The number of methoxy groups -OCH3 is 1. The van der Waals surface area contributed by atoms with Crippen LogP contribution in [0, 0.1) is 0 Å². The minimum Gasteiger partial charge on any atom is -0.494 e. The van der Waals surface area contributed by atoms with Gasteiger partial charge in [0.1, 0.15) is 29.5 Å². The Labute approximate surface area is 210 Å². The molecule has 1 aromatic carbocycles. The van der Waals surface area contributed by atoms with E-state index >= 15 is 0 Å². The van der Waals surface area contributed by atoms with Crippen LogP contribution in [0.1, 0.15) is 23.2 Å². The zero-order valence-corrected chi connectivity index (χ0v) is 20.6. The number of amides is 1. The Morgan fingerprint density at radius 1 is 1.25 bits per heavy atom. The number of nitrogens with zero attached hydrogens (tertiary/aromatic N) is 5. The van der Waals surface area contributed by atoms with Crippen LogP contribution in [0.25, 0.3) is 5.65 Å². The number of rotatable bonds is 8. The number of anilines is 2. The number of aromatic nitrogens is 3. The lowest BCUT2D eigenvalue weighted by Gasteiger charge is -2.31. The topological polar surface area (TPSA) is 119 Å². The van der Waals surface area contributed by atoms with Gasteiger partial charge in [-0.1, -0.05) is 0 Å². The molecule has 1 amide bonds. The molecule has 11 nitrogen and oxygen atoms in total. The molecule has 0 aliphatic carbocycles. The second-order valence-electron chi connectivity index (χ2n) is 9.08.